The summed E-state index contributed by atoms with van der Waals surface area (Å²) in [5.41, 5.74) is 2.57. The Morgan fingerprint density at radius 2 is 1.85 bits per heavy atom. The summed E-state index contributed by atoms with van der Waals surface area (Å²) in [6.45, 7) is 2.43. The summed E-state index contributed by atoms with van der Waals surface area (Å²) in [6.07, 6.45) is 1.83. The molecule has 0 saturated heterocycles. The summed E-state index contributed by atoms with van der Waals surface area (Å²) >= 11 is 0. The first kappa shape index (κ1) is 14.0. The topological polar surface area (TPSA) is 50.2 Å². The van der Waals surface area contributed by atoms with Gasteiger partial charge in [-0.3, -0.25) is 4.79 Å². The Bertz CT molecular complexity index is 603. The number of hydrogen-bond acceptors (Lipinski definition) is 3. The van der Waals surface area contributed by atoms with E-state index >= 15 is 0 Å². The van der Waals surface area contributed by atoms with Crippen LogP contribution in [-0.4, -0.2) is 12.0 Å². The van der Waals surface area contributed by atoms with Crippen LogP contribution in [0.5, 0.6) is 5.75 Å². The normalized spacial score (nSPS) is 10.1. The van der Waals surface area contributed by atoms with Crippen LogP contribution in [0.4, 0.5) is 0 Å². The van der Waals surface area contributed by atoms with Gasteiger partial charge in [-0.2, -0.15) is 0 Å². The maximum Gasteiger partial charge on any atom is 0.203 e. The van der Waals surface area contributed by atoms with Gasteiger partial charge in [-0.25, -0.2) is 0 Å². The van der Waals surface area contributed by atoms with Crippen molar-refractivity contribution in [2.24, 2.45) is 0 Å². The molecule has 0 fully saturated rings. The quantitative estimate of drug-likeness (QED) is 0.641. The van der Waals surface area contributed by atoms with E-state index in [0.29, 0.717) is 12.2 Å². The molecule has 0 radical (unpaired) electrons. The highest BCUT2D eigenvalue weighted by Gasteiger charge is 2.08. The molecular formula is C17H17NO2. The number of ketones is 1. The molecule has 3 heteroatoms. The highest BCUT2D eigenvalue weighted by molar-refractivity contribution is 6.34. The van der Waals surface area contributed by atoms with Crippen LogP contribution >= 0.6 is 0 Å². The van der Waals surface area contributed by atoms with Crippen LogP contribution in [0.25, 0.3) is 0 Å². The second-order valence-corrected chi connectivity index (χ2v) is 4.45. The summed E-state index contributed by atoms with van der Waals surface area (Å²) < 4.78 is 5.70. The van der Waals surface area contributed by atoms with Gasteiger partial charge < -0.3 is 10.1 Å². The van der Waals surface area contributed by atoms with Crippen LogP contribution in [-0.2, 0) is 13.0 Å². The van der Waals surface area contributed by atoms with Crippen molar-refractivity contribution in [2.75, 3.05) is 0 Å². The molecule has 20 heavy (non-hydrogen) atoms. The predicted molar refractivity (Wildman–Crippen MR) is 79.7 cm³/mol. The molecule has 102 valence electrons. The molecule has 1 N–H and O–H groups in total. The van der Waals surface area contributed by atoms with E-state index < -0.39 is 0 Å². The minimum Gasteiger partial charge on any atom is -0.489 e. The third-order valence-electron chi connectivity index (χ3n) is 3.14. The number of aryl methyl sites for hydroxylation is 1. The fraction of sp³-hybridized carbons (Fsp3) is 0.176. The third-order valence-corrected chi connectivity index (χ3v) is 3.14. The van der Waals surface area contributed by atoms with Gasteiger partial charge >= 0.3 is 0 Å². The number of carbonyl (C=O) groups is 1. The lowest BCUT2D eigenvalue weighted by Gasteiger charge is -2.09. The number of rotatable bonds is 6. The van der Waals surface area contributed by atoms with Gasteiger partial charge in [0, 0.05) is 11.1 Å². The molecule has 0 amide bonds. The lowest BCUT2D eigenvalue weighted by Crippen LogP contribution is -2.06. The van der Waals surface area contributed by atoms with E-state index in [9.17, 15) is 4.79 Å². The zero-order chi connectivity index (χ0) is 14.4. The van der Waals surface area contributed by atoms with Gasteiger partial charge in [0.25, 0.3) is 0 Å². The van der Waals surface area contributed by atoms with Crippen LogP contribution in [0.1, 0.15) is 28.4 Å². The first-order valence-corrected chi connectivity index (χ1v) is 6.59. The van der Waals surface area contributed by atoms with E-state index in [1.54, 1.807) is 12.1 Å². The van der Waals surface area contributed by atoms with E-state index in [2.05, 4.69) is 6.92 Å². The predicted octanol–water partition coefficient (Wildman–Crippen LogP) is 3.66. The average Bonchev–Trinajstić information content (AvgIpc) is 2.53. The number of nitrogens with one attached hydrogen (secondary N) is 1. The molecule has 3 nitrogen and oxygen atoms in total. The van der Waals surface area contributed by atoms with Gasteiger partial charge in [0.05, 0.1) is 6.21 Å². The summed E-state index contributed by atoms with van der Waals surface area (Å²) in [4.78, 5) is 11.6. The molecule has 0 aromatic heterocycles. The van der Waals surface area contributed by atoms with Crippen molar-refractivity contribution < 1.29 is 9.53 Å². The van der Waals surface area contributed by atoms with Crippen LogP contribution in [0.2, 0.25) is 0 Å². The standard InChI is InChI=1S/C17H17NO2/c1-2-13-7-9-15(10-8-13)20-12-14-5-3-4-6-16(14)17(19)11-18/h3-11,18H,2,12H2,1H3. The largest absolute Gasteiger partial charge is 0.489 e. The minimum absolute atomic E-state index is 0.300. The highest BCUT2D eigenvalue weighted by Crippen LogP contribution is 2.16. The van der Waals surface area contributed by atoms with Gasteiger partial charge in [-0.15, -0.1) is 0 Å². The second-order valence-electron chi connectivity index (χ2n) is 4.45. The Morgan fingerprint density at radius 3 is 2.50 bits per heavy atom. The van der Waals surface area contributed by atoms with Crippen molar-refractivity contribution in [3.05, 3.63) is 65.2 Å². The van der Waals surface area contributed by atoms with E-state index in [1.807, 2.05) is 36.4 Å². The molecule has 0 aliphatic heterocycles. The van der Waals surface area contributed by atoms with Gasteiger partial charge in [-0.05, 0) is 24.1 Å². The van der Waals surface area contributed by atoms with Gasteiger partial charge in [0.2, 0.25) is 5.78 Å². The molecule has 2 aromatic rings. The highest BCUT2D eigenvalue weighted by atomic mass is 16.5. The van der Waals surface area contributed by atoms with E-state index in [0.717, 1.165) is 23.9 Å². The molecule has 0 saturated carbocycles. The molecule has 0 bridgehead atoms. The summed E-state index contributed by atoms with van der Waals surface area (Å²) in [5, 5.41) is 7.07. The lowest BCUT2D eigenvalue weighted by molar-refractivity contribution is 0.106. The number of hydrogen-bond donors (Lipinski definition) is 1. The molecule has 0 heterocycles. The van der Waals surface area contributed by atoms with Crippen LogP contribution in [0.15, 0.2) is 48.5 Å². The fourth-order valence-corrected chi connectivity index (χ4v) is 1.95. The van der Waals surface area contributed by atoms with Crippen molar-refractivity contribution in [3.63, 3.8) is 0 Å². The maximum absolute atomic E-state index is 11.6. The van der Waals surface area contributed by atoms with Crippen LogP contribution in [0.3, 0.4) is 0 Å². The molecular weight excluding hydrogens is 250 g/mol. The summed E-state index contributed by atoms with van der Waals surface area (Å²) in [7, 11) is 0. The fourth-order valence-electron chi connectivity index (χ4n) is 1.95. The lowest BCUT2D eigenvalue weighted by atomic mass is 10.0. The molecule has 0 unspecified atom stereocenters. The smallest absolute Gasteiger partial charge is 0.203 e. The minimum atomic E-state index is -0.300. The zero-order valence-electron chi connectivity index (χ0n) is 11.4. The first-order chi connectivity index (χ1) is 9.74. The van der Waals surface area contributed by atoms with E-state index in [4.69, 9.17) is 10.1 Å². The van der Waals surface area contributed by atoms with Crippen molar-refractivity contribution in [3.8, 4) is 5.75 Å². The molecule has 0 atom stereocenters. The Morgan fingerprint density at radius 1 is 1.15 bits per heavy atom. The zero-order valence-corrected chi connectivity index (χ0v) is 11.4. The number of carbonyl (C=O) groups excluding carboxylic acids is 1. The third kappa shape index (κ3) is 3.32. The Labute approximate surface area is 118 Å². The average molecular weight is 267 g/mol. The monoisotopic (exact) mass is 267 g/mol. The second kappa shape index (κ2) is 6.66. The van der Waals surface area contributed by atoms with Crippen LogP contribution < -0.4 is 4.74 Å². The van der Waals surface area contributed by atoms with E-state index in [1.165, 1.54) is 5.56 Å². The van der Waals surface area contributed by atoms with Crippen molar-refractivity contribution in [2.45, 2.75) is 20.0 Å². The Kier molecular flexibility index (Phi) is 4.66. The molecule has 2 aromatic carbocycles. The van der Waals surface area contributed by atoms with Gasteiger partial charge in [0.15, 0.2) is 0 Å². The number of Topliss-reactive ketones (excluding diaryl/α,β-unsaturated/α-hetero) is 1. The number of benzene rings is 2. The molecule has 0 aliphatic rings. The summed E-state index contributed by atoms with van der Waals surface area (Å²) in [6, 6.07) is 15.1. The van der Waals surface area contributed by atoms with Gasteiger partial charge in [0.1, 0.15) is 12.4 Å². The van der Waals surface area contributed by atoms with Gasteiger partial charge in [-0.1, -0.05) is 43.3 Å². The SMILES string of the molecule is CCc1ccc(OCc2ccccc2C(=O)C=N)cc1. The Balaban J connectivity index is 2.10. The Hall–Kier alpha value is -2.42. The molecule has 2 rings (SSSR count). The molecule has 0 aliphatic carbocycles. The number of ether oxygens (including phenoxy) is 1. The molecule has 0 spiro atoms. The van der Waals surface area contributed by atoms with Crippen molar-refractivity contribution >= 4 is 12.0 Å². The van der Waals surface area contributed by atoms with Crippen molar-refractivity contribution in [1.82, 2.24) is 0 Å². The van der Waals surface area contributed by atoms with E-state index in [-0.39, 0.29) is 5.78 Å². The van der Waals surface area contributed by atoms with Crippen LogP contribution in [0, 0.1) is 5.41 Å². The first-order valence-electron chi connectivity index (χ1n) is 6.59. The maximum atomic E-state index is 11.6. The van der Waals surface area contributed by atoms with Crippen molar-refractivity contribution in [1.29, 1.82) is 5.41 Å². The summed E-state index contributed by atoms with van der Waals surface area (Å²) in [5.74, 6) is 0.477.